The molecule has 0 spiro atoms. The summed E-state index contributed by atoms with van der Waals surface area (Å²) in [6.07, 6.45) is 2.61. The van der Waals surface area contributed by atoms with Gasteiger partial charge in [0.25, 0.3) is 0 Å². The van der Waals surface area contributed by atoms with Gasteiger partial charge in [0.05, 0.1) is 0 Å². The van der Waals surface area contributed by atoms with Crippen LogP contribution in [-0.4, -0.2) is 13.1 Å². The third-order valence-corrected chi connectivity index (χ3v) is 2.18. The van der Waals surface area contributed by atoms with Gasteiger partial charge in [-0.05, 0) is 37.8 Å². The predicted octanol–water partition coefficient (Wildman–Crippen LogP) is 1.70. The Kier molecular flexibility index (Phi) is 10.3. The second-order valence-corrected chi connectivity index (χ2v) is 19.2. The zero-order valence-corrected chi connectivity index (χ0v) is 12.8. The van der Waals surface area contributed by atoms with Gasteiger partial charge >= 0.3 is 49.9 Å². The first kappa shape index (κ1) is 13.1. The van der Waals surface area contributed by atoms with Gasteiger partial charge in [-0.3, -0.25) is 0 Å². The van der Waals surface area contributed by atoms with Gasteiger partial charge in [-0.2, -0.15) is 0 Å². The van der Waals surface area contributed by atoms with E-state index in [-0.39, 0.29) is 0 Å². The molecule has 11 heavy (non-hydrogen) atoms. The van der Waals surface area contributed by atoms with E-state index in [0.717, 1.165) is 24.9 Å². The number of hydrogen-bond donors (Lipinski definition) is 2. The Hall–Kier alpha value is 2.07. The first-order valence-corrected chi connectivity index (χ1v) is 16.4. The summed E-state index contributed by atoms with van der Waals surface area (Å²) in [5, 5.41) is 0. The van der Waals surface area contributed by atoms with Crippen molar-refractivity contribution in [3.05, 3.63) is 0 Å². The van der Waals surface area contributed by atoms with Gasteiger partial charge in [0, 0.05) is 0 Å². The topological polar surface area (TPSA) is 52.0 Å². The van der Waals surface area contributed by atoms with E-state index in [4.69, 9.17) is 11.5 Å². The Morgan fingerprint density at radius 1 is 1.09 bits per heavy atom. The van der Waals surface area contributed by atoms with Gasteiger partial charge in [-0.15, -0.1) is 0 Å². The van der Waals surface area contributed by atoms with Crippen LogP contribution in [0.2, 0.25) is 0 Å². The van der Waals surface area contributed by atoms with Crippen molar-refractivity contribution in [2.24, 2.45) is 23.3 Å². The van der Waals surface area contributed by atoms with Crippen LogP contribution in [0.3, 0.4) is 0 Å². The Morgan fingerprint density at radius 2 is 1.36 bits per heavy atom. The molecule has 1 saturated carbocycles. The fraction of sp³-hybridized carbons (Fsp3) is 1.00. The van der Waals surface area contributed by atoms with E-state index in [1.807, 2.05) is 0 Å². The number of nitrogens with two attached hydrogens (primary N) is 2. The molecule has 0 aromatic heterocycles. The number of hydrogen-bond acceptors (Lipinski definition) is 2. The molecular formula is C6H14I2N2Pt. The Morgan fingerprint density at radius 3 is 1.45 bits per heavy atom. The fourth-order valence-electron chi connectivity index (χ4n) is 1.26. The normalized spacial score (nSPS) is 28.7. The van der Waals surface area contributed by atoms with Crippen molar-refractivity contribution in [3.8, 4) is 0 Å². The zero-order chi connectivity index (χ0) is 8.69. The van der Waals surface area contributed by atoms with Crippen molar-refractivity contribution in [2.45, 2.75) is 12.8 Å². The molecule has 0 aromatic carbocycles. The third kappa shape index (κ3) is 5.39. The van der Waals surface area contributed by atoms with E-state index in [1.54, 1.807) is 0 Å². The Labute approximate surface area is 97.8 Å². The summed E-state index contributed by atoms with van der Waals surface area (Å²) < 4.78 is 0. The van der Waals surface area contributed by atoms with E-state index in [9.17, 15) is 0 Å². The molecule has 4 N–H and O–H groups in total. The van der Waals surface area contributed by atoms with Crippen LogP contribution in [0.15, 0.2) is 0 Å². The van der Waals surface area contributed by atoms with E-state index in [0.29, 0.717) is 11.2 Å². The molecule has 1 fully saturated rings. The third-order valence-electron chi connectivity index (χ3n) is 2.18. The summed E-state index contributed by atoms with van der Waals surface area (Å²) in [7, 11) is 0. The van der Waals surface area contributed by atoms with Gasteiger partial charge in [0.1, 0.15) is 0 Å². The molecule has 2 unspecified atom stereocenters. The molecule has 0 aromatic rings. The van der Waals surface area contributed by atoms with Crippen LogP contribution in [0.1, 0.15) is 12.8 Å². The average Bonchev–Trinajstić information content (AvgIpc) is 1.89. The first-order chi connectivity index (χ1) is 5.29. The minimum atomic E-state index is 0.523. The van der Waals surface area contributed by atoms with E-state index < -0.39 is 0 Å². The maximum atomic E-state index is 5.44. The maximum absolute atomic E-state index is 5.44. The average molecular weight is 563 g/mol. The summed E-state index contributed by atoms with van der Waals surface area (Å²) in [5.41, 5.74) is 10.9. The van der Waals surface area contributed by atoms with Crippen LogP contribution >= 0.6 is 38.7 Å². The number of halogens is 2. The van der Waals surface area contributed by atoms with Gasteiger partial charge in [-0.1, -0.05) is 0 Å². The fourth-order valence-corrected chi connectivity index (χ4v) is 1.26. The molecule has 0 aliphatic heterocycles. The van der Waals surface area contributed by atoms with Crippen LogP contribution in [0.25, 0.3) is 0 Å². The van der Waals surface area contributed by atoms with Gasteiger partial charge in [0.2, 0.25) is 0 Å². The molecule has 5 heteroatoms. The monoisotopic (exact) mass is 563 g/mol. The molecule has 0 heterocycles. The first-order valence-electron chi connectivity index (χ1n) is 3.52. The number of rotatable bonds is 2. The van der Waals surface area contributed by atoms with Gasteiger partial charge in [-0.25, -0.2) is 0 Å². The summed E-state index contributed by atoms with van der Waals surface area (Å²) in [6, 6.07) is 0. The van der Waals surface area contributed by atoms with Crippen molar-refractivity contribution in [2.75, 3.05) is 13.1 Å². The van der Waals surface area contributed by atoms with E-state index in [1.165, 1.54) is 12.8 Å². The molecule has 1 rings (SSSR count). The van der Waals surface area contributed by atoms with Gasteiger partial charge < -0.3 is 11.5 Å². The van der Waals surface area contributed by atoms with Crippen LogP contribution in [0, 0.1) is 11.8 Å². The standard InChI is InChI=1S/C6H14N2.2HI.Pt/c7-3-5-1-2-6(5)4-8;;;/h5-6H,1-4,7-8H2;2*1H;/q;;;+2/p-2. The van der Waals surface area contributed by atoms with Crippen molar-refractivity contribution in [1.82, 2.24) is 0 Å². The van der Waals surface area contributed by atoms with Crippen molar-refractivity contribution < 1.29 is 11.2 Å². The summed E-state index contributed by atoms with van der Waals surface area (Å²) >= 11 is 5.30. The molecule has 0 saturated heterocycles. The predicted molar refractivity (Wildman–Crippen MR) is 62.4 cm³/mol. The second kappa shape index (κ2) is 8.66. The van der Waals surface area contributed by atoms with Crippen LogP contribution in [-0.2, 0) is 11.2 Å². The molecule has 1 aliphatic carbocycles. The molecular weight excluding hydrogens is 549 g/mol. The molecule has 0 bridgehead atoms. The summed E-state index contributed by atoms with van der Waals surface area (Å²) in [5.74, 6) is 1.50. The quantitative estimate of drug-likeness (QED) is 0.504. The summed E-state index contributed by atoms with van der Waals surface area (Å²) in [4.78, 5) is 0. The zero-order valence-electron chi connectivity index (χ0n) is 6.21. The molecule has 0 amide bonds. The Balaban J connectivity index is 0.000000292. The summed E-state index contributed by atoms with van der Waals surface area (Å²) in [6.45, 7) is 1.67. The second-order valence-electron chi connectivity index (χ2n) is 2.61. The molecule has 0 radical (unpaired) electrons. The van der Waals surface area contributed by atoms with Gasteiger partial charge in [0.15, 0.2) is 0 Å². The van der Waals surface area contributed by atoms with Crippen LogP contribution in [0.4, 0.5) is 0 Å². The molecule has 2 atom stereocenters. The Bertz CT molecular complexity index is 80.7. The van der Waals surface area contributed by atoms with Crippen molar-refractivity contribution >= 4 is 38.7 Å². The molecule has 2 nitrogen and oxygen atoms in total. The van der Waals surface area contributed by atoms with Crippen molar-refractivity contribution in [1.29, 1.82) is 0 Å². The van der Waals surface area contributed by atoms with Crippen LogP contribution in [0.5, 0.6) is 0 Å². The SMILES string of the molecule is NCC1CCC1CN.[I][Pt][I]. The minimum absolute atomic E-state index is 0.523. The van der Waals surface area contributed by atoms with Crippen LogP contribution < -0.4 is 11.5 Å². The van der Waals surface area contributed by atoms with E-state index in [2.05, 4.69) is 38.7 Å². The molecule has 1 aliphatic rings. The van der Waals surface area contributed by atoms with E-state index >= 15 is 0 Å². The molecule has 72 valence electrons. The van der Waals surface area contributed by atoms with Crippen molar-refractivity contribution in [3.63, 3.8) is 0 Å².